The number of carboxylic acid groups (broad SMARTS) is 1. The van der Waals surface area contributed by atoms with Gasteiger partial charge in [0, 0.05) is 18.9 Å². The number of likely N-dealkylation sites (tertiary alicyclic amines) is 1. The van der Waals surface area contributed by atoms with E-state index in [2.05, 4.69) is 0 Å². The lowest BCUT2D eigenvalue weighted by Gasteiger charge is -2.32. The van der Waals surface area contributed by atoms with E-state index in [9.17, 15) is 14.4 Å². The van der Waals surface area contributed by atoms with E-state index < -0.39 is 11.9 Å². The zero-order valence-corrected chi connectivity index (χ0v) is 9.89. The number of carbonyl (C=O) groups is 3. The zero-order valence-electron chi connectivity index (χ0n) is 9.89. The van der Waals surface area contributed by atoms with Crippen LogP contribution in [0, 0.1) is 11.8 Å². The molecular formula is C12H17NO4. The molecule has 17 heavy (non-hydrogen) atoms. The van der Waals surface area contributed by atoms with E-state index in [0.29, 0.717) is 32.1 Å². The summed E-state index contributed by atoms with van der Waals surface area (Å²) in [5.74, 6) is -1.38. The Kier molecular flexibility index (Phi) is 3.17. The number of amides is 2. The predicted octanol–water partition coefficient (Wildman–Crippen LogP) is 1.02. The monoisotopic (exact) mass is 239 g/mol. The first-order valence-electron chi connectivity index (χ1n) is 6.06. The van der Waals surface area contributed by atoms with E-state index in [0.717, 1.165) is 0 Å². The van der Waals surface area contributed by atoms with Crippen molar-refractivity contribution in [2.75, 3.05) is 0 Å². The van der Waals surface area contributed by atoms with Crippen LogP contribution >= 0.6 is 0 Å². The average molecular weight is 239 g/mol. The van der Waals surface area contributed by atoms with Gasteiger partial charge in [-0.15, -0.1) is 0 Å². The highest BCUT2D eigenvalue weighted by molar-refractivity contribution is 5.98. The van der Waals surface area contributed by atoms with E-state index in [4.69, 9.17) is 5.11 Å². The summed E-state index contributed by atoms with van der Waals surface area (Å²) >= 11 is 0. The normalized spacial score (nSPS) is 31.0. The number of aliphatic carboxylic acids is 1. The molecule has 2 rings (SSSR count). The molecule has 1 saturated carbocycles. The molecule has 1 saturated heterocycles. The molecule has 0 aromatic carbocycles. The van der Waals surface area contributed by atoms with Gasteiger partial charge in [0.15, 0.2) is 0 Å². The zero-order chi connectivity index (χ0) is 12.6. The number of nitrogens with zero attached hydrogens (tertiary/aromatic N) is 1. The van der Waals surface area contributed by atoms with Crippen molar-refractivity contribution in [3.8, 4) is 0 Å². The summed E-state index contributed by atoms with van der Waals surface area (Å²) < 4.78 is 0. The molecule has 0 bridgehead atoms. The molecule has 0 radical (unpaired) electrons. The molecule has 1 N–H and O–H groups in total. The maximum atomic E-state index is 11.8. The van der Waals surface area contributed by atoms with Crippen LogP contribution in [0.1, 0.15) is 39.0 Å². The van der Waals surface area contributed by atoms with Gasteiger partial charge in [-0.1, -0.05) is 6.92 Å². The molecule has 2 atom stereocenters. The second-order valence-electron chi connectivity index (χ2n) is 5.17. The van der Waals surface area contributed by atoms with Crippen LogP contribution in [0.3, 0.4) is 0 Å². The molecule has 1 aliphatic carbocycles. The molecule has 2 amide bonds. The van der Waals surface area contributed by atoms with Gasteiger partial charge < -0.3 is 5.11 Å². The fraction of sp³-hybridized carbons (Fsp3) is 0.750. The summed E-state index contributed by atoms with van der Waals surface area (Å²) in [6.45, 7) is 1.89. The fourth-order valence-corrected chi connectivity index (χ4v) is 2.83. The number of carbonyl (C=O) groups excluding carboxylic acids is 2. The van der Waals surface area contributed by atoms with Gasteiger partial charge >= 0.3 is 5.97 Å². The van der Waals surface area contributed by atoms with Crippen molar-refractivity contribution in [3.63, 3.8) is 0 Å². The van der Waals surface area contributed by atoms with E-state index >= 15 is 0 Å². The Morgan fingerprint density at radius 2 is 1.82 bits per heavy atom. The summed E-state index contributed by atoms with van der Waals surface area (Å²) in [5, 5.41) is 8.91. The molecule has 94 valence electrons. The molecule has 2 unspecified atom stereocenters. The Labute approximate surface area is 99.8 Å². The van der Waals surface area contributed by atoms with E-state index in [-0.39, 0.29) is 23.8 Å². The third-order valence-electron chi connectivity index (χ3n) is 3.70. The minimum atomic E-state index is -0.822. The van der Waals surface area contributed by atoms with Crippen molar-refractivity contribution >= 4 is 17.8 Å². The van der Waals surface area contributed by atoms with Crippen molar-refractivity contribution in [2.24, 2.45) is 11.8 Å². The lowest BCUT2D eigenvalue weighted by Crippen LogP contribution is -2.48. The van der Waals surface area contributed by atoms with Crippen molar-refractivity contribution in [1.29, 1.82) is 0 Å². The van der Waals surface area contributed by atoms with Crippen LogP contribution in [0.2, 0.25) is 0 Å². The summed E-state index contributed by atoms with van der Waals surface area (Å²) in [7, 11) is 0. The lowest BCUT2D eigenvalue weighted by molar-refractivity contribution is -0.153. The maximum Gasteiger partial charge on any atom is 0.306 e. The van der Waals surface area contributed by atoms with E-state index in [1.807, 2.05) is 6.92 Å². The molecular weight excluding hydrogens is 222 g/mol. The van der Waals surface area contributed by atoms with Crippen LogP contribution in [-0.4, -0.2) is 33.8 Å². The van der Waals surface area contributed by atoms with Crippen LogP contribution in [0.25, 0.3) is 0 Å². The number of rotatable bonds is 2. The van der Waals surface area contributed by atoms with Crippen molar-refractivity contribution in [1.82, 2.24) is 4.90 Å². The first-order valence-corrected chi connectivity index (χ1v) is 6.06. The fourth-order valence-electron chi connectivity index (χ4n) is 2.83. The Balaban J connectivity index is 2.05. The molecule has 1 heterocycles. The van der Waals surface area contributed by atoms with Gasteiger partial charge in [0.2, 0.25) is 11.8 Å². The van der Waals surface area contributed by atoms with Crippen LogP contribution in [0.15, 0.2) is 0 Å². The summed E-state index contributed by atoms with van der Waals surface area (Å²) in [5.41, 5.74) is 0. The second kappa shape index (κ2) is 4.47. The minimum absolute atomic E-state index is 0.114. The predicted molar refractivity (Wildman–Crippen MR) is 59.0 cm³/mol. The van der Waals surface area contributed by atoms with Crippen molar-refractivity contribution < 1.29 is 19.5 Å². The van der Waals surface area contributed by atoms with Crippen LogP contribution < -0.4 is 0 Å². The third kappa shape index (κ3) is 2.33. The van der Waals surface area contributed by atoms with E-state index in [1.54, 1.807) is 0 Å². The van der Waals surface area contributed by atoms with Gasteiger partial charge in [0.25, 0.3) is 0 Å². The molecule has 1 aliphatic heterocycles. The molecule has 2 aliphatic rings. The quantitative estimate of drug-likeness (QED) is 0.730. The highest BCUT2D eigenvalue weighted by Gasteiger charge is 2.40. The average Bonchev–Trinajstić information content (AvgIpc) is 2.65. The highest BCUT2D eigenvalue weighted by atomic mass is 16.4. The molecule has 2 fully saturated rings. The largest absolute Gasteiger partial charge is 0.481 e. The lowest BCUT2D eigenvalue weighted by atomic mass is 9.96. The van der Waals surface area contributed by atoms with Crippen molar-refractivity contribution in [2.45, 2.75) is 45.1 Å². The SMILES string of the molecule is CC1CC(=O)N(C2CCC(C(=O)O)C2)C(=O)C1. The second-order valence-corrected chi connectivity index (χ2v) is 5.17. The van der Waals surface area contributed by atoms with Gasteiger partial charge in [0.05, 0.1) is 5.92 Å². The summed E-state index contributed by atoms with van der Waals surface area (Å²) in [4.78, 5) is 35.9. The van der Waals surface area contributed by atoms with Gasteiger partial charge in [-0.3, -0.25) is 19.3 Å². The number of carboxylic acids is 1. The topological polar surface area (TPSA) is 74.7 Å². The number of imide groups is 1. The molecule has 0 spiro atoms. The first kappa shape index (κ1) is 12.1. The highest BCUT2D eigenvalue weighted by Crippen LogP contribution is 2.32. The van der Waals surface area contributed by atoms with Gasteiger partial charge in [-0.05, 0) is 25.2 Å². The van der Waals surface area contributed by atoms with Crippen LogP contribution in [-0.2, 0) is 14.4 Å². The standard InChI is InChI=1S/C12H17NO4/c1-7-4-10(14)13(11(15)5-7)9-3-2-8(6-9)12(16)17/h7-9H,2-6H2,1H3,(H,16,17). The Bertz CT molecular complexity index is 348. The molecule has 5 nitrogen and oxygen atoms in total. The molecule has 0 aromatic rings. The molecule has 5 heteroatoms. The summed E-state index contributed by atoms with van der Waals surface area (Å²) in [6, 6.07) is -0.191. The summed E-state index contributed by atoms with van der Waals surface area (Å²) in [6.07, 6.45) is 2.41. The van der Waals surface area contributed by atoms with Gasteiger partial charge in [0.1, 0.15) is 0 Å². The first-order chi connectivity index (χ1) is 7.99. The number of hydrogen-bond donors (Lipinski definition) is 1. The van der Waals surface area contributed by atoms with E-state index in [1.165, 1.54) is 4.90 Å². The van der Waals surface area contributed by atoms with Crippen molar-refractivity contribution in [3.05, 3.63) is 0 Å². The smallest absolute Gasteiger partial charge is 0.306 e. The maximum absolute atomic E-state index is 11.8. The van der Waals surface area contributed by atoms with Gasteiger partial charge in [-0.2, -0.15) is 0 Å². The Hall–Kier alpha value is -1.39. The Morgan fingerprint density at radius 1 is 1.24 bits per heavy atom. The number of hydrogen-bond acceptors (Lipinski definition) is 3. The van der Waals surface area contributed by atoms with Crippen LogP contribution in [0.4, 0.5) is 0 Å². The Morgan fingerprint density at radius 3 is 2.29 bits per heavy atom. The third-order valence-corrected chi connectivity index (χ3v) is 3.70. The molecule has 0 aromatic heterocycles. The van der Waals surface area contributed by atoms with Gasteiger partial charge in [-0.25, -0.2) is 0 Å². The number of piperidine rings is 1. The minimum Gasteiger partial charge on any atom is -0.481 e. The van der Waals surface area contributed by atoms with Crippen LogP contribution in [0.5, 0.6) is 0 Å².